The smallest absolute Gasteiger partial charge is 0.155 e. The lowest BCUT2D eigenvalue weighted by molar-refractivity contribution is 0.118. The summed E-state index contributed by atoms with van der Waals surface area (Å²) in [6, 6.07) is 10.1. The molecule has 7 nitrogen and oxygen atoms in total. The molecule has 25 heavy (non-hydrogen) atoms. The van der Waals surface area contributed by atoms with E-state index in [1.54, 1.807) is 20.5 Å². The molecule has 3 aromatic rings. The topological polar surface area (TPSA) is 65.3 Å². The number of pyridine rings is 1. The van der Waals surface area contributed by atoms with Gasteiger partial charge in [0.1, 0.15) is 17.9 Å². The number of nitrogens with zero attached hydrogens (tertiary/aromatic N) is 5. The maximum Gasteiger partial charge on any atom is 0.155 e. The molecule has 130 valence electrons. The van der Waals surface area contributed by atoms with Gasteiger partial charge in [0.25, 0.3) is 0 Å². The van der Waals surface area contributed by atoms with Crippen molar-refractivity contribution in [3.8, 4) is 5.75 Å². The number of benzene rings is 1. The summed E-state index contributed by atoms with van der Waals surface area (Å²) >= 11 is 0. The van der Waals surface area contributed by atoms with Crippen molar-refractivity contribution in [1.82, 2.24) is 19.7 Å². The van der Waals surface area contributed by atoms with E-state index < -0.39 is 0 Å². The number of aryl methyl sites for hydroxylation is 1. The third-order valence-electron chi connectivity index (χ3n) is 4.82. The number of hydrogen-bond donors (Lipinski definition) is 0. The molecule has 0 saturated carbocycles. The molecule has 1 aromatic carbocycles. The molecular weight excluding hydrogens is 318 g/mol. The Morgan fingerprint density at radius 2 is 2.04 bits per heavy atom. The van der Waals surface area contributed by atoms with Gasteiger partial charge in [-0.1, -0.05) is 0 Å². The Morgan fingerprint density at radius 1 is 1.16 bits per heavy atom. The van der Waals surface area contributed by atoms with E-state index in [2.05, 4.69) is 21.2 Å². The lowest BCUT2D eigenvalue weighted by Gasteiger charge is -2.24. The molecule has 7 heteroatoms. The zero-order valence-electron chi connectivity index (χ0n) is 14.6. The normalized spacial score (nSPS) is 20.4. The predicted octanol–water partition coefficient (Wildman–Crippen LogP) is 2.34. The fourth-order valence-electron chi connectivity index (χ4n) is 3.44. The first-order valence-corrected chi connectivity index (χ1v) is 8.27. The van der Waals surface area contributed by atoms with Gasteiger partial charge in [-0.25, -0.2) is 4.98 Å². The average Bonchev–Trinajstić information content (AvgIpc) is 3.26. The van der Waals surface area contributed by atoms with Crippen molar-refractivity contribution >= 4 is 16.7 Å². The van der Waals surface area contributed by atoms with Gasteiger partial charge < -0.3 is 18.9 Å². The molecule has 0 amide bonds. The number of hydrogen-bond acceptors (Lipinski definition) is 6. The largest absolute Gasteiger partial charge is 0.497 e. The highest BCUT2D eigenvalue weighted by atomic mass is 16.5. The highest BCUT2D eigenvalue weighted by Gasteiger charge is 2.36. The second-order valence-corrected chi connectivity index (χ2v) is 6.29. The van der Waals surface area contributed by atoms with E-state index in [-0.39, 0.29) is 12.1 Å². The molecule has 2 aromatic heterocycles. The summed E-state index contributed by atoms with van der Waals surface area (Å²) in [5.74, 6) is 2.68. The van der Waals surface area contributed by atoms with Crippen LogP contribution in [0, 0.1) is 0 Å². The van der Waals surface area contributed by atoms with Crippen LogP contribution in [-0.4, -0.2) is 46.6 Å². The van der Waals surface area contributed by atoms with E-state index in [1.807, 2.05) is 35.9 Å². The summed E-state index contributed by atoms with van der Waals surface area (Å²) in [5, 5.41) is 9.38. The third kappa shape index (κ3) is 2.80. The van der Waals surface area contributed by atoms with Crippen molar-refractivity contribution < 1.29 is 9.47 Å². The molecule has 1 aliphatic rings. The van der Waals surface area contributed by atoms with Crippen LogP contribution in [0.1, 0.15) is 18.3 Å². The first-order chi connectivity index (χ1) is 12.2. The molecule has 4 rings (SSSR count). The SMILES string of the molecule is COc1ccc2nc(N3C[C@H](OC)C[C@H]3c3nncn3C)ccc2c1. The molecule has 0 aliphatic carbocycles. The van der Waals surface area contributed by atoms with Crippen molar-refractivity contribution in [2.75, 3.05) is 25.7 Å². The van der Waals surface area contributed by atoms with E-state index in [0.29, 0.717) is 0 Å². The van der Waals surface area contributed by atoms with E-state index >= 15 is 0 Å². The number of anilines is 1. The van der Waals surface area contributed by atoms with Gasteiger partial charge >= 0.3 is 0 Å². The number of fused-ring (bicyclic) bond motifs is 1. The lowest BCUT2D eigenvalue weighted by Crippen LogP contribution is -2.27. The average molecular weight is 339 g/mol. The first-order valence-electron chi connectivity index (χ1n) is 8.27. The van der Waals surface area contributed by atoms with Crippen LogP contribution in [0.3, 0.4) is 0 Å². The van der Waals surface area contributed by atoms with Crippen LogP contribution in [0.25, 0.3) is 10.9 Å². The van der Waals surface area contributed by atoms with Gasteiger partial charge in [-0.3, -0.25) is 0 Å². The van der Waals surface area contributed by atoms with Crippen molar-refractivity contribution in [3.63, 3.8) is 0 Å². The van der Waals surface area contributed by atoms with E-state index in [0.717, 1.165) is 41.3 Å². The van der Waals surface area contributed by atoms with Crippen molar-refractivity contribution in [3.05, 3.63) is 42.5 Å². The Labute approximate surface area is 146 Å². The number of aromatic nitrogens is 4. The quantitative estimate of drug-likeness (QED) is 0.727. The Hall–Kier alpha value is -2.67. The van der Waals surface area contributed by atoms with Gasteiger partial charge in [0.2, 0.25) is 0 Å². The maximum absolute atomic E-state index is 5.61. The number of rotatable bonds is 4. The Kier molecular flexibility index (Phi) is 4.01. The second kappa shape index (κ2) is 6.33. The van der Waals surface area contributed by atoms with Crippen LogP contribution in [0.4, 0.5) is 5.82 Å². The summed E-state index contributed by atoms with van der Waals surface area (Å²) in [4.78, 5) is 7.10. The van der Waals surface area contributed by atoms with Gasteiger partial charge in [0.15, 0.2) is 5.82 Å². The van der Waals surface area contributed by atoms with Crippen LogP contribution < -0.4 is 9.64 Å². The van der Waals surface area contributed by atoms with Gasteiger partial charge in [-0.15, -0.1) is 10.2 Å². The third-order valence-corrected chi connectivity index (χ3v) is 4.82. The number of ether oxygens (including phenoxy) is 2. The van der Waals surface area contributed by atoms with Gasteiger partial charge in [-0.2, -0.15) is 0 Å². The molecule has 0 spiro atoms. The molecule has 1 aliphatic heterocycles. The monoisotopic (exact) mass is 339 g/mol. The predicted molar refractivity (Wildman–Crippen MR) is 94.8 cm³/mol. The molecular formula is C18H21N5O2. The molecule has 0 unspecified atom stereocenters. The highest BCUT2D eigenvalue weighted by Crippen LogP contribution is 2.36. The van der Waals surface area contributed by atoms with E-state index in [1.165, 1.54) is 0 Å². The van der Waals surface area contributed by atoms with Gasteiger partial charge in [0.05, 0.1) is 24.8 Å². The Balaban J connectivity index is 1.73. The van der Waals surface area contributed by atoms with E-state index in [4.69, 9.17) is 14.5 Å². The molecule has 3 heterocycles. The minimum atomic E-state index is 0.0978. The molecule has 0 N–H and O–H groups in total. The Bertz CT molecular complexity index is 894. The molecule has 2 atom stereocenters. The van der Waals surface area contributed by atoms with Gasteiger partial charge in [0, 0.05) is 32.5 Å². The van der Waals surface area contributed by atoms with Crippen molar-refractivity contribution in [2.24, 2.45) is 7.05 Å². The summed E-state index contributed by atoms with van der Waals surface area (Å²) < 4.78 is 12.9. The van der Waals surface area contributed by atoms with Crippen molar-refractivity contribution in [1.29, 1.82) is 0 Å². The van der Waals surface area contributed by atoms with E-state index in [9.17, 15) is 0 Å². The maximum atomic E-state index is 5.61. The Morgan fingerprint density at radius 3 is 2.76 bits per heavy atom. The number of methoxy groups -OCH3 is 2. The van der Waals surface area contributed by atoms with Crippen LogP contribution in [0.15, 0.2) is 36.7 Å². The van der Waals surface area contributed by atoms with Crippen molar-refractivity contribution in [2.45, 2.75) is 18.6 Å². The standard InChI is InChI=1S/C18H21N5O2/c1-22-11-19-21-18(22)16-9-14(25-3)10-23(16)17-7-4-12-8-13(24-2)5-6-15(12)20-17/h4-8,11,14,16H,9-10H2,1-3H3/t14-,16+/m1/s1. The van der Waals surface area contributed by atoms with Crippen LogP contribution in [0.2, 0.25) is 0 Å². The fourth-order valence-corrected chi connectivity index (χ4v) is 3.44. The highest BCUT2D eigenvalue weighted by molar-refractivity contribution is 5.82. The van der Waals surface area contributed by atoms with Crippen LogP contribution in [0.5, 0.6) is 5.75 Å². The fraction of sp³-hybridized carbons (Fsp3) is 0.389. The van der Waals surface area contributed by atoms with Crippen LogP contribution in [-0.2, 0) is 11.8 Å². The summed E-state index contributed by atoms with van der Waals surface area (Å²) in [7, 11) is 5.39. The minimum absolute atomic E-state index is 0.0978. The molecule has 0 radical (unpaired) electrons. The molecule has 1 saturated heterocycles. The zero-order chi connectivity index (χ0) is 17.4. The molecule has 0 bridgehead atoms. The minimum Gasteiger partial charge on any atom is -0.497 e. The van der Waals surface area contributed by atoms with Crippen LogP contribution >= 0.6 is 0 Å². The second-order valence-electron chi connectivity index (χ2n) is 6.29. The first kappa shape index (κ1) is 15.8. The summed E-state index contributed by atoms with van der Waals surface area (Å²) in [6.07, 6.45) is 2.74. The summed E-state index contributed by atoms with van der Waals surface area (Å²) in [6.45, 7) is 0.780. The lowest BCUT2D eigenvalue weighted by atomic mass is 10.1. The molecule has 1 fully saturated rings. The van der Waals surface area contributed by atoms with Gasteiger partial charge in [-0.05, 0) is 30.3 Å². The summed E-state index contributed by atoms with van der Waals surface area (Å²) in [5.41, 5.74) is 0.941. The zero-order valence-corrected chi connectivity index (χ0v) is 14.6.